The molecular weight excluding hydrogens is 349 g/mol. The number of carbonyl (C=O) groups is 1. The third-order valence-electron chi connectivity index (χ3n) is 5.51. The van der Waals surface area contributed by atoms with Crippen molar-refractivity contribution >= 4 is 22.9 Å². The maximum atomic E-state index is 13.9. The lowest BCUT2D eigenvalue weighted by Crippen LogP contribution is -2.34. The van der Waals surface area contributed by atoms with Gasteiger partial charge in [0, 0.05) is 51.3 Å². The second-order valence-electron chi connectivity index (χ2n) is 7.19. The normalized spacial score (nSPS) is 21.9. The van der Waals surface area contributed by atoms with E-state index in [1.165, 1.54) is 18.3 Å². The van der Waals surface area contributed by atoms with Crippen molar-refractivity contribution in [2.45, 2.75) is 0 Å². The molecule has 2 saturated heterocycles. The molecular formula is C18H18FN7O. The summed E-state index contributed by atoms with van der Waals surface area (Å²) in [6, 6.07) is 2.76. The first-order valence-electron chi connectivity index (χ1n) is 8.88. The summed E-state index contributed by atoms with van der Waals surface area (Å²) in [5.41, 5.74) is 1.50. The molecule has 0 bridgehead atoms. The molecule has 3 aromatic rings. The van der Waals surface area contributed by atoms with Gasteiger partial charge in [-0.1, -0.05) is 0 Å². The summed E-state index contributed by atoms with van der Waals surface area (Å²) in [5, 5.41) is 0. The quantitative estimate of drug-likeness (QED) is 0.675. The topological polar surface area (TPSA) is 80.0 Å². The van der Waals surface area contributed by atoms with Crippen LogP contribution in [-0.4, -0.2) is 61.5 Å². The van der Waals surface area contributed by atoms with E-state index in [4.69, 9.17) is 0 Å². The van der Waals surface area contributed by atoms with Crippen LogP contribution >= 0.6 is 0 Å². The summed E-state index contributed by atoms with van der Waals surface area (Å²) in [4.78, 5) is 33.6. The van der Waals surface area contributed by atoms with E-state index >= 15 is 0 Å². The van der Waals surface area contributed by atoms with Crippen LogP contribution in [0, 0.1) is 17.7 Å². The van der Waals surface area contributed by atoms with Gasteiger partial charge in [-0.15, -0.1) is 0 Å². The number of rotatable bonds is 2. The van der Waals surface area contributed by atoms with Crippen LogP contribution in [-0.2, 0) is 7.05 Å². The molecule has 5 rings (SSSR count). The maximum Gasteiger partial charge on any atom is 0.275 e. The lowest BCUT2D eigenvalue weighted by Gasteiger charge is -2.22. The second kappa shape index (κ2) is 5.97. The highest BCUT2D eigenvalue weighted by atomic mass is 19.1. The van der Waals surface area contributed by atoms with E-state index < -0.39 is 5.82 Å². The predicted molar refractivity (Wildman–Crippen MR) is 95.6 cm³/mol. The van der Waals surface area contributed by atoms with Crippen LogP contribution in [0.1, 0.15) is 10.5 Å². The van der Waals surface area contributed by atoms with Crippen molar-refractivity contribution in [2.24, 2.45) is 18.9 Å². The molecule has 0 spiro atoms. The van der Waals surface area contributed by atoms with Crippen molar-refractivity contribution in [1.29, 1.82) is 0 Å². The minimum atomic E-state index is -0.570. The Bertz CT molecular complexity index is 1020. The Balaban J connectivity index is 1.34. The van der Waals surface area contributed by atoms with Gasteiger partial charge in [0.25, 0.3) is 5.91 Å². The Morgan fingerprint density at radius 3 is 2.63 bits per heavy atom. The molecule has 138 valence electrons. The molecule has 0 radical (unpaired) electrons. The predicted octanol–water partition coefficient (Wildman–Crippen LogP) is 1.11. The number of carbonyl (C=O) groups excluding carboxylic acids is 1. The monoisotopic (exact) mass is 367 g/mol. The smallest absolute Gasteiger partial charge is 0.275 e. The Morgan fingerprint density at radius 1 is 1.11 bits per heavy atom. The number of amides is 1. The van der Waals surface area contributed by atoms with Crippen molar-refractivity contribution in [3.8, 4) is 0 Å². The SMILES string of the molecule is Cn1cnc2c(N3CC4CN(C(=O)c5ncccc5F)CC4C3)ncnc21. The zero-order valence-electron chi connectivity index (χ0n) is 14.8. The number of aryl methyl sites for hydroxylation is 1. The van der Waals surface area contributed by atoms with Gasteiger partial charge in [0.15, 0.2) is 28.5 Å². The van der Waals surface area contributed by atoms with Crippen LogP contribution in [0.2, 0.25) is 0 Å². The van der Waals surface area contributed by atoms with E-state index in [0.717, 1.165) is 30.1 Å². The molecule has 2 unspecified atom stereocenters. The molecule has 0 aliphatic carbocycles. The molecule has 5 heterocycles. The average molecular weight is 367 g/mol. The minimum Gasteiger partial charge on any atom is -0.354 e. The highest BCUT2D eigenvalue weighted by molar-refractivity contribution is 5.92. The molecule has 9 heteroatoms. The number of fused-ring (bicyclic) bond motifs is 2. The van der Waals surface area contributed by atoms with E-state index in [9.17, 15) is 9.18 Å². The number of likely N-dealkylation sites (tertiary alicyclic amines) is 1. The van der Waals surface area contributed by atoms with E-state index in [1.54, 1.807) is 17.6 Å². The summed E-state index contributed by atoms with van der Waals surface area (Å²) < 4.78 is 15.8. The lowest BCUT2D eigenvalue weighted by atomic mass is 10.0. The Morgan fingerprint density at radius 2 is 1.89 bits per heavy atom. The molecule has 1 amide bonds. The molecule has 27 heavy (non-hydrogen) atoms. The summed E-state index contributed by atoms with van der Waals surface area (Å²) in [6.45, 7) is 2.79. The third kappa shape index (κ3) is 2.53. The van der Waals surface area contributed by atoms with Gasteiger partial charge >= 0.3 is 0 Å². The third-order valence-corrected chi connectivity index (χ3v) is 5.51. The molecule has 2 fully saturated rings. The molecule has 2 aliphatic heterocycles. The van der Waals surface area contributed by atoms with Crippen molar-refractivity contribution in [3.05, 3.63) is 42.5 Å². The van der Waals surface area contributed by atoms with Gasteiger partial charge in [-0.25, -0.2) is 24.3 Å². The summed E-state index contributed by atoms with van der Waals surface area (Å²) in [7, 11) is 1.91. The molecule has 2 atom stereocenters. The van der Waals surface area contributed by atoms with Crippen molar-refractivity contribution in [2.75, 3.05) is 31.1 Å². The zero-order chi connectivity index (χ0) is 18.5. The lowest BCUT2D eigenvalue weighted by molar-refractivity contribution is 0.0771. The van der Waals surface area contributed by atoms with Gasteiger partial charge < -0.3 is 14.4 Å². The standard InChI is InChI=1S/C18H18FN7O/c1-24-10-23-15-16(24)21-9-22-17(15)25-5-11-7-26(8-12(11)6-25)18(27)14-13(19)3-2-4-20-14/h2-4,9-12H,5-8H2,1H3. The van der Waals surface area contributed by atoms with Gasteiger partial charge in [0.1, 0.15) is 6.33 Å². The maximum absolute atomic E-state index is 13.9. The summed E-state index contributed by atoms with van der Waals surface area (Å²) in [6.07, 6.45) is 4.75. The first-order chi connectivity index (χ1) is 13.1. The van der Waals surface area contributed by atoms with Gasteiger partial charge in [0.2, 0.25) is 0 Å². The highest BCUT2D eigenvalue weighted by Crippen LogP contribution is 2.35. The van der Waals surface area contributed by atoms with Gasteiger partial charge in [-0.2, -0.15) is 0 Å². The number of pyridine rings is 1. The van der Waals surface area contributed by atoms with Crippen LogP contribution in [0.25, 0.3) is 11.2 Å². The minimum absolute atomic E-state index is 0.0969. The number of aromatic nitrogens is 5. The Labute approximate surface area is 154 Å². The second-order valence-corrected chi connectivity index (χ2v) is 7.19. The summed E-state index contributed by atoms with van der Waals surface area (Å²) in [5.74, 6) is 0.593. The number of anilines is 1. The number of nitrogens with zero attached hydrogens (tertiary/aromatic N) is 7. The van der Waals surface area contributed by atoms with Crippen LogP contribution in [0.4, 0.5) is 10.2 Å². The fraction of sp³-hybridized carbons (Fsp3) is 0.389. The van der Waals surface area contributed by atoms with Crippen molar-refractivity contribution in [1.82, 2.24) is 29.4 Å². The number of hydrogen-bond donors (Lipinski definition) is 0. The first-order valence-corrected chi connectivity index (χ1v) is 8.88. The average Bonchev–Trinajstić information content (AvgIpc) is 3.35. The number of imidazole rings is 1. The molecule has 2 aliphatic rings. The van der Waals surface area contributed by atoms with Crippen LogP contribution in [0.5, 0.6) is 0 Å². The number of halogens is 1. The van der Waals surface area contributed by atoms with Gasteiger partial charge in [-0.3, -0.25) is 4.79 Å². The number of hydrogen-bond acceptors (Lipinski definition) is 6. The van der Waals surface area contributed by atoms with Gasteiger partial charge in [0.05, 0.1) is 6.33 Å². The van der Waals surface area contributed by atoms with Gasteiger partial charge in [-0.05, 0) is 12.1 Å². The summed E-state index contributed by atoms with van der Waals surface area (Å²) >= 11 is 0. The molecule has 3 aromatic heterocycles. The van der Waals surface area contributed by atoms with E-state index in [1.807, 2.05) is 11.6 Å². The highest BCUT2D eigenvalue weighted by Gasteiger charge is 2.43. The largest absolute Gasteiger partial charge is 0.354 e. The van der Waals surface area contributed by atoms with E-state index in [2.05, 4.69) is 24.8 Å². The molecule has 0 saturated carbocycles. The molecule has 0 N–H and O–H groups in total. The fourth-order valence-corrected chi connectivity index (χ4v) is 4.19. The van der Waals surface area contributed by atoms with Crippen LogP contribution in [0.3, 0.4) is 0 Å². The molecule has 8 nitrogen and oxygen atoms in total. The Hall–Kier alpha value is -3.10. The van der Waals surface area contributed by atoms with Crippen LogP contribution in [0.15, 0.2) is 31.0 Å². The Kier molecular flexibility index (Phi) is 3.56. The first kappa shape index (κ1) is 16.1. The molecule has 0 aromatic carbocycles. The van der Waals surface area contributed by atoms with Crippen LogP contribution < -0.4 is 4.90 Å². The van der Waals surface area contributed by atoms with Crippen molar-refractivity contribution < 1.29 is 9.18 Å². The van der Waals surface area contributed by atoms with E-state index in [-0.39, 0.29) is 11.6 Å². The zero-order valence-corrected chi connectivity index (χ0v) is 14.8. The van der Waals surface area contributed by atoms with Crippen molar-refractivity contribution in [3.63, 3.8) is 0 Å². The van der Waals surface area contributed by atoms with E-state index in [0.29, 0.717) is 24.9 Å². The fourth-order valence-electron chi connectivity index (χ4n) is 4.19.